The van der Waals surface area contributed by atoms with Gasteiger partial charge in [0.15, 0.2) is 5.41 Å². The first-order valence-electron chi connectivity index (χ1n) is 7.52. The molecule has 0 amide bonds. The van der Waals surface area contributed by atoms with Crippen LogP contribution in [-0.2, 0) is 21.6 Å². The summed E-state index contributed by atoms with van der Waals surface area (Å²) in [6, 6.07) is 12.5. The first-order chi connectivity index (χ1) is 11.3. The molecular weight excluding hydrogens is 308 g/mol. The average Bonchev–Trinajstić information content (AvgIpc) is 2.53. The molecule has 0 unspecified atom stereocenters. The van der Waals surface area contributed by atoms with Gasteiger partial charge in [-0.05, 0) is 49.1 Å². The number of hydrogen-bond donors (Lipinski definition) is 2. The highest BCUT2D eigenvalue weighted by molar-refractivity contribution is 6.04. The van der Waals surface area contributed by atoms with Crippen molar-refractivity contribution in [3.8, 4) is 5.75 Å². The van der Waals surface area contributed by atoms with Crippen molar-refractivity contribution >= 4 is 11.9 Å². The van der Waals surface area contributed by atoms with Crippen molar-refractivity contribution in [2.45, 2.75) is 32.8 Å². The van der Waals surface area contributed by atoms with Crippen molar-refractivity contribution in [3.05, 3.63) is 64.7 Å². The normalized spacial score (nSPS) is 11.1. The summed E-state index contributed by atoms with van der Waals surface area (Å²) in [6.45, 7) is 5.02. The van der Waals surface area contributed by atoms with Crippen LogP contribution < -0.4 is 4.74 Å². The Hall–Kier alpha value is -2.82. The van der Waals surface area contributed by atoms with Crippen LogP contribution in [0.2, 0.25) is 0 Å². The number of ether oxygens (including phenoxy) is 1. The summed E-state index contributed by atoms with van der Waals surface area (Å²) < 4.78 is 5.81. The lowest BCUT2D eigenvalue weighted by Gasteiger charge is -2.24. The van der Waals surface area contributed by atoms with E-state index < -0.39 is 17.4 Å². The molecule has 0 atom stereocenters. The summed E-state index contributed by atoms with van der Waals surface area (Å²) in [6.07, 6.45) is 0. The van der Waals surface area contributed by atoms with Crippen molar-refractivity contribution in [1.29, 1.82) is 0 Å². The summed E-state index contributed by atoms with van der Waals surface area (Å²) in [7, 11) is 0. The van der Waals surface area contributed by atoms with E-state index in [4.69, 9.17) is 4.74 Å². The first kappa shape index (κ1) is 17.5. The van der Waals surface area contributed by atoms with E-state index in [0.29, 0.717) is 11.3 Å². The lowest BCUT2D eigenvalue weighted by Crippen LogP contribution is -2.41. The molecule has 0 heterocycles. The maximum atomic E-state index is 11.6. The van der Waals surface area contributed by atoms with Crippen LogP contribution in [0, 0.1) is 13.8 Å². The molecule has 5 nitrogen and oxygen atoms in total. The maximum absolute atomic E-state index is 11.6. The highest BCUT2D eigenvalue weighted by Gasteiger charge is 2.45. The number of hydrogen-bond acceptors (Lipinski definition) is 3. The number of carboxylic acid groups (broad SMARTS) is 2. The topological polar surface area (TPSA) is 83.8 Å². The Kier molecular flexibility index (Phi) is 4.93. The van der Waals surface area contributed by atoms with E-state index in [-0.39, 0.29) is 12.2 Å². The zero-order valence-electron chi connectivity index (χ0n) is 13.9. The molecule has 5 heteroatoms. The minimum atomic E-state index is -2.03. The van der Waals surface area contributed by atoms with Crippen LogP contribution in [0.25, 0.3) is 0 Å². The largest absolute Gasteiger partial charge is 0.489 e. The van der Waals surface area contributed by atoms with Gasteiger partial charge in [0.25, 0.3) is 0 Å². The lowest BCUT2D eigenvalue weighted by molar-refractivity contribution is -0.156. The summed E-state index contributed by atoms with van der Waals surface area (Å²) in [5.41, 5.74) is 0.516. The second-order valence-corrected chi connectivity index (χ2v) is 5.89. The third-order valence-corrected chi connectivity index (χ3v) is 4.27. The Balaban J connectivity index is 2.46. The van der Waals surface area contributed by atoms with E-state index in [9.17, 15) is 19.8 Å². The maximum Gasteiger partial charge on any atom is 0.325 e. The zero-order chi connectivity index (χ0) is 17.9. The van der Waals surface area contributed by atoms with Gasteiger partial charge in [-0.15, -0.1) is 0 Å². The number of carboxylic acids is 2. The molecule has 0 bridgehead atoms. The average molecular weight is 328 g/mol. The number of para-hydroxylation sites is 1. The van der Waals surface area contributed by atoms with Gasteiger partial charge in [0.1, 0.15) is 12.4 Å². The van der Waals surface area contributed by atoms with Gasteiger partial charge in [-0.3, -0.25) is 9.59 Å². The second kappa shape index (κ2) is 6.74. The molecule has 0 radical (unpaired) electrons. The van der Waals surface area contributed by atoms with Crippen molar-refractivity contribution < 1.29 is 24.5 Å². The van der Waals surface area contributed by atoms with Crippen LogP contribution in [0.4, 0.5) is 0 Å². The Labute approximate surface area is 140 Å². The molecule has 0 spiro atoms. The van der Waals surface area contributed by atoms with Crippen LogP contribution in [0.1, 0.15) is 29.2 Å². The SMILES string of the molecule is Cc1ccccc1OCc1c(C)cccc1C(C)(C(=O)O)C(=O)O. The fourth-order valence-electron chi connectivity index (χ4n) is 2.55. The summed E-state index contributed by atoms with van der Waals surface area (Å²) in [5.74, 6) is -2.13. The van der Waals surface area contributed by atoms with Gasteiger partial charge >= 0.3 is 11.9 Å². The van der Waals surface area contributed by atoms with E-state index in [0.717, 1.165) is 11.1 Å². The molecule has 0 aromatic heterocycles. The number of aliphatic carboxylic acids is 2. The van der Waals surface area contributed by atoms with E-state index >= 15 is 0 Å². The summed E-state index contributed by atoms with van der Waals surface area (Å²) >= 11 is 0. The lowest BCUT2D eigenvalue weighted by atomic mass is 9.79. The van der Waals surface area contributed by atoms with Crippen molar-refractivity contribution in [1.82, 2.24) is 0 Å². The highest BCUT2D eigenvalue weighted by Crippen LogP contribution is 2.31. The molecule has 0 saturated heterocycles. The minimum absolute atomic E-state index is 0.100. The molecule has 0 aliphatic rings. The van der Waals surface area contributed by atoms with Crippen LogP contribution in [0.3, 0.4) is 0 Å². The van der Waals surface area contributed by atoms with Crippen LogP contribution in [0.15, 0.2) is 42.5 Å². The Morgan fingerprint density at radius 2 is 1.54 bits per heavy atom. The predicted molar refractivity (Wildman–Crippen MR) is 89.3 cm³/mol. The Morgan fingerprint density at radius 3 is 2.12 bits per heavy atom. The third kappa shape index (κ3) is 3.11. The number of aryl methyl sites for hydroxylation is 2. The molecule has 0 aliphatic carbocycles. The van der Waals surface area contributed by atoms with E-state index in [1.807, 2.05) is 44.2 Å². The van der Waals surface area contributed by atoms with Crippen LogP contribution in [0.5, 0.6) is 5.75 Å². The monoisotopic (exact) mass is 328 g/mol. The van der Waals surface area contributed by atoms with Gasteiger partial charge in [0.05, 0.1) is 0 Å². The van der Waals surface area contributed by atoms with Crippen molar-refractivity contribution in [2.24, 2.45) is 0 Å². The van der Waals surface area contributed by atoms with Gasteiger partial charge in [-0.1, -0.05) is 36.4 Å². The van der Waals surface area contributed by atoms with E-state index in [1.165, 1.54) is 13.0 Å². The molecule has 2 aromatic rings. The molecule has 0 fully saturated rings. The molecule has 24 heavy (non-hydrogen) atoms. The number of benzene rings is 2. The molecule has 2 N–H and O–H groups in total. The van der Waals surface area contributed by atoms with Crippen molar-refractivity contribution in [3.63, 3.8) is 0 Å². The second-order valence-electron chi connectivity index (χ2n) is 5.89. The fourth-order valence-corrected chi connectivity index (χ4v) is 2.55. The van der Waals surface area contributed by atoms with E-state index in [1.54, 1.807) is 6.07 Å². The van der Waals surface area contributed by atoms with Crippen LogP contribution >= 0.6 is 0 Å². The standard InChI is InChI=1S/C19H20O5/c1-12-8-6-9-15(19(3,17(20)21)18(22)23)14(12)11-24-16-10-5-4-7-13(16)2/h4-10H,11H2,1-3H3,(H,20,21)(H,22,23). The van der Waals surface area contributed by atoms with Gasteiger partial charge in [0.2, 0.25) is 0 Å². The third-order valence-electron chi connectivity index (χ3n) is 4.27. The van der Waals surface area contributed by atoms with E-state index in [2.05, 4.69) is 0 Å². The quantitative estimate of drug-likeness (QED) is 0.795. The molecule has 2 rings (SSSR count). The molecule has 2 aromatic carbocycles. The fraction of sp³-hybridized carbons (Fsp3) is 0.263. The Bertz CT molecular complexity index is 765. The van der Waals surface area contributed by atoms with Gasteiger partial charge in [-0.2, -0.15) is 0 Å². The Morgan fingerprint density at radius 1 is 0.958 bits per heavy atom. The molecule has 126 valence electrons. The van der Waals surface area contributed by atoms with Gasteiger partial charge < -0.3 is 14.9 Å². The zero-order valence-corrected chi connectivity index (χ0v) is 13.9. The molecule has 0 aliphatic heterocycles. The molecular formula is C19H20O5. The van der Waals surface area contributed by atoms with Crippen molar-refractivity contribution in [2.75, 3.05) is 0 Å². The molecule has 0 saturated carbocycles. The summed E-state index contributed by atoms with van der Waals surface area (Å²) in [5, 5.41) is 19.0. The smallest absolute Gasteiger partial charge is 0.325 e. The number of rotatable bonds is 6. The predicted octanol–water partition coefficient (Wildman–Crippen LogP) is 3.31. The minimum Gasteiger partial charge on any atom is -0.489 e. The first-order valence-corrected chi connectivity index (χ1v) is 7.52. The van der Waals surface area contributed by atoms with Gasteiger partial charge in [0, 0.05) is 0 Å². The van der Waals surface area contributed by atoms with Gasteiger partial charge in [-0.25, -0.2) is 0 Å². The summed E-state index contributed by atoms with van der Waals surface area (Å²) in [4.78, 5) is 23.3. The van der Waals surface area contributed by atoms with Crippen LogP contribution in [-0.4, -0.2) is 22.2 Å². The number of carbonyl (C=O) groups is 2. The highest BCUT2D eigenvalue weighted by atomic mass is 16.5.